The number of hydrazone groups is 2. The van der Waals surface area contributed by atoms with Gasteiger partial charge in [-0.05, 0) is 111 Å². The lowest BCUT2D eigenvalue weighted by atomic mass is 10.1. The fraction of sp³-hybridized carbons (Fsp3) is 0.167. The summed E-state index contributed by atoms with van der Waals surface area (Å²) in [5.74, 6) is -1.02. The number of hydrogen-bond donors (Lipinski definition) is 4. The van der Waals surface area contributed by atoms with Crippen LogP contribution in [-0.2, 0) is 9.59 Å². The SMILES string of the molecule is CC(=NNC(=O)CCCCC(=O)NN=C(C)c1ccc(NC(=O)c2ccc(Cl)cc2)cc1)c1ccc(NC(=O)c2ccc(Cl)cc2)cc1. The van der Waals surface area contributed by atoms with Crippen LogP contribution in [0.3, 0.4) is 0 Å². The number of benzene rings is 4. The van der Waals surface area contributed by atoms with Gasteiger partial charge in [-0.25, -0.2) is 10.9 Å². The van der Waals surface area contributed by atoms with E-state index in [-0.39, 0.29) is 36.5 Å². The summed E-state index contributed by atoms with van der Waals surface area (Å²) in [6, 6.07) is 27.4. The van der Waals surface area contributed by atoms with E-state index in [1.54, 1.807) is 111 Å². The summed E-state index contributed by atoms with van der Waals surface area (Å²) in [4.78, 5) is 49.3. The van der Waals surface area contributed by atoms with Crippen molar-refractivity contribution < 1.29 is 19.2 Å². The average molecular weight is 686 g/mol. The Balaban J connectivity index is 1.13. The van der Waals surface area contributed by atoms with E-state index in [1.807, 2.05) is 0 Å². The molecule has 0 spiro atoms. The van der Waals surface area contributed by atoms with Crippen LogP contribution >= 0.6 is 23.2 Å². The predicted molar refractivity (Wildman–Crippen MR) is 191 cm³/mol. The first-order valence-corrected chi connectivity index (χ1v) is 15.8. The highest BCUT2D eigenvalue weighted by atomic mass is 35.5. The summed E-state index contributed by atoms with van der Waals surface area (Å²) in [7, 11) is 0. The number of anilines is 2. The maximum atomic E-state index is 12.4. The van der Waals surface area contributed by atoms with Crippen LogP contribution < -0.4 is 21.5 Å². The molecule has 4 rings (SSSR count). The Morgan fingerprint density at radius 2 is 0.812 bits per heavy atom. The van der Waals surface area contributed by atoms with Gasteiger partial charge in [-0.3, -0.25) is 19.2 Å². The summed E-state index contributed by atoms with van der Waals surface area (Å²) in [6.07, 6.45) is 1.43. The fourth-order valence-corrected chi connectivity index (χ4v) is 4.55. The largest absolute Gasteiger partial charge is 0.322 e. The van der Waals surface area contributed by atoms with Gasteiger partial charge in [-0.15, -0.1) is 0 Å². The number of halogens is 2. The number of nitrogens with zero attached hydrogens (tertiary/aromatic N) is 2. The lowest BCUT2D eigenvalue weighted by molar-refractivity contribution is -0.123. The zero-order chi connectivity index (χ0) is 34.5. The number of unbranched alkanes of at least 4 members (excludes halogenated alkanes) is 1. The third-order valence-electron chi connectivity index (χ3n) is 7.09. The highest BCUT2D eigenvalue weighted by Crippen LogP contribution is 2.16. The van der Waals surface area contributed by atoms with E-state index in [4.69, 9.17) is 23.2 Å². The van der Waals surface area contributed by atoms with E-state index in [9.17, 15) is 19.2 Å². The Hall–Kier alpha value is -5.32. The van der Waals surface area contributed by atoms with Crippen molar-refractivity contribution in [2.75, 3.05) is 10.6 Å². The molecule has 0 aliphatic carbocycles. The second-order valence-electron chi connectivity index (χ2n) is 10.7. The molecule has 0 atom stereocenters. The topological polar surface area (TPSA) is 141 Å². The first-order valence-electron chi connectivity index (χ1n) is 15.1. The van der Waals surface area contributed by atoms with E-state index < -0.39 is 0 Å². The highest BCUT2D eigenvalue weighted by molar-refractivity contribution is 6.31. The van der Waals surface area contributed by atoms with Crippen molar-refractivity contribution in [1.82, 2.24) is 10.9 Å². The molecule has 0 aliphatic heterocycles. The summed E-state index contributed by atoms with van der Waals surface area (Å²) in [6.45, 7) is 3.53. The van der Waals surface area contributed by atoms with Gasteiger partial charge in [0, 0.05) is 45.4 Å². The van der Waals surface area contributed by atoms with Crippen LogP contribution in [0.25, 0.3) is 0 Å². The molecule has 4 aromatic rings. The van der Waals surface area contributed by atoms with E-state index >= 15 is 0 Å². The minimum absolute atomic E-state index is 0.211. The van der Waals surface area contributed by atoms with Gasteiger partial charge in [0.05, 0.1) is 11.4 Å². The first-order chi connectivity index (χ1) is 23.1. The van der Waals surface area contributed by atoms with Crippen molar-refractivity contribution in [2.45, 2.75) is 39.5 Å². The molecule has 0 saturated heterocycles. The van der Waals surface area contributed by atoms with Crippen LogP contribution in [-0.4, -0.2) is 35.1 Å². The van der Waals surface area contributed by atoms with Crippen molar-refractivity contribution in [3.05, 3.63) is 129 Å². The molecule has 0 unspecified atom stereocenters. The van der Waals surface area contributed by atoms with Gasteiger partial charge < -0.3 is 10.6 Å². The van der Waals surface area contributed by atoms with Crippen LogP contribution in [0, 0.1) is 0 Å². The zero-order valence-electron chi connectivity index (χ0n) is 26.3. The minimum atomic E-state index is -0.261. The number of carbonyl (C=O) groups excluding carboxylic acids is 4. The van der Waals surface area contributed by atoms with Crippen molar-refractivity contribution in [2.24, 2.45) is 10.2 Å². The summed E-state index contributed by atoms with van der Waals surface area (Å²) >= 11 is 11.8. The maximum Gasteiger partial charge on any atom is 0.255 e. The summed E-state index contributed by atoms with van der Waals surface area (Å²) < 4.78 is 0. The molecule has 0 bridgehead atoms. The van der Waals surface area contributed by atoms with Crippen molar-refractivity contribution in [3.8, 4) is 0 Å². The van der Waals surface area contributed by atoms with E-state index in [2.05, 4.69) is 31.7 Å². The van der Waals surface area contributed by atoms with Gasteiger partial charge >= 0.3 is 0 Å². The molecular weight excluding hydrogens is 651 g/mol. The van der Waals surface area contributed by atoms with Crippen LogP contribution in [0.5, 0.6) is 0 Å². The van der Waals surface area contributed by atoms with Gasteiger partial charge in [0.1, 0.15) is 0 Å². The molecule has 0 radical (unpaired) electrons. The maximum absolute atomic E-state index is 12.4. The van der Waals surface area contributed by atoms with Gasteiger partial charge in [0.2, 0.25) is 11.8 Å². The molecule has 4 N–H and O–H groups in total. The molecule has 10 nitrogen and oxygen atoms in total. The quantitative estimate of drug-likeness (QED) is 0.0660. The van der Waals surface area contributed by atoms with Crippen molar-refractivity contribution >= 4 is 69.6 Å². The second kappa shape index (κ2) is 17.6. The summed E-state index contributed by atoms with van der Waals surface area (Å²) in [5.41, 5.74) is 10.1. The van der Waals surface area contributed by atoms with Crippen molar-refractivity contribution in [3.63, 3.8) is 0 Å². The Morgan fingerprint density at radius 1 is 0.500 bits per heavy atom. The minimum Gasteiger partial charge on any atom is -0.322 e. The van der Waals surface area contributed by atoms with Crippen LogP contribution in [0.15, 0.2) is 107 Å². The third kappa shape index (κ3) is 11.2. The number of nitrogens with one attached hydrogen (secondary N) is 4. The fourth-order valence-electron chi connectivity index (χ4n) is 4.30. The lowest BCUT2D eigenvalue weighted by Crippen LogP contribution is -2.20. The Labute approximate surface area is 288 Å². The van der Waals surface area contributed by atoms with Crippen molar-refractivity contribution in [1.29, 1.82) is 0 Å². The normalized spacial score (nSPS) is 11.4. The Kier molecular flexibility index (Phi) is 13.0. The molecule has 0 fully saturated rings. The van der Waals surface area contributed by atoms with Crippen LogP contribution in [0.4, 0.5) is 11.4 Å². The van der Waals surface area contributed by atoms with Crippen LogP contribution in [0.1, 0.15) is 71.4 Å². The third-order valence-corrected chi connectivity index (χ3v) is 7.59. The molecule has 0 heterocycles. The molecule has 4 aromatic carbocycles. The molecular formula is C36H34Cl2N6O4. The van der Waals surface area contributed by atoms with E-state index in [1.165, 1.54) is 0 Å². The zero-order valence-corrected chi connectivity index (χ0v) is 27.9. The molecule has 0 aliphatic rings. The highest BCUT2D eigenvalue weighted by Gasteiger charge is 2.09. The Morgan fingerprint density at radius 3 is 1.15 bits per heavy atom. The molecule has 4 amide bonds. The van der Waals surface area contributed by atoms with Gasteiger partial charge in [-0.1, -0.05) is 47.5 Å². The van der Waals surface area contributed by atoms with Crippen LogP contribution in [0.2, 0.25) is 10.0 Å². The molecule has 0 saturated carbocycles. The summed E-state index contributed by atoms with van der Waals surface area (Å²) in [5, 5.41) is 15.1. The molecule has 246 valence electrons. The monoisotopic (exact) mass is 684 g/mol. The Bertz CT molecular complexity index is 1670. The molecule has 12 heteroatoms. The standard InChI is InChI=1S/C36H34Cl2N6O4/c1-23(25-11-19-31(20-12-25)39-35(47)27-7-15-29(37)16-8-27)41-43-33(45)5-3-4-6-34(46)44-42-24(2)26-13-21-32(22-14-26)40-36(48)28-9-17-30(38)18-10-28/h7-22H,3-6H2,1-2H3,(H,39,47)(H,40,48)(H,43,45)(H,44,46). The van der Waals surface area contributed by atoms with E-state index in [0.29, 0.717) is 56.8 Å². The number of rotatable bonds is 13. The number of amides is 4. The first kappa shape index (κ1) is 35.5. The molecule has 0 aromatic heterocycles. The van der Waals surface area contributed by atoms with Gasteiger partial charge in [0.25, 0.3) is 11.8 Å². The smallest absolute Gasteiger partial charge is 0.255 e. The van der Waals surface area contributed by atoms with Gasteiger partial charge in [0.15, 0.2) is 0 Å². The van der Waals surface area contributed by atoms with Gasteiger partial charge in [-0.2, -0.15) is 10.2 Å². The average Bonchev–Trinajstić information content (AvgIpc) is 3.09. The number of carbonyl (C=O) groups is 4. The second-order valence-corrected chi connectivity index (χ2v) is 11.6. The molecule has 48 heavy (non-hydrogen) atoms. The lowest BCUT2D eigenvalue weighted by Gasteiger charge is -2.08. The van der Waals surface area contributed by atoms with E-state index in [0.717, 1.165) is 11.1 Å². The number of hydrogen-bond acceptors (Lipinski definition) is 6. The predicted octanol–water partition coefficient (Wildman–Crippen LogP) is 7.44.